The third-order valence-corrected chi connectivity index (χ3v) is 4.13. The molecule has 0 radical (unpaired) electrons. The van der Waals surface area contributed by atoms with Gasteiger partial charge in [0.05, 0.1) is 12.2 Å². The number of urea groups is 1. The molecule has 2 rings (SSSR count). The fourth-order valence-corrected chi connectivity index (χ4v) is 3.11. The van der Waals surface area contributed by atoms with E-state index in [4.69, 9.17) is 4.74 Å². The van der Waals surface area contributed by atoms with E-state index in [-0.39, 0.29) is 18.2 Å². The number of nitrogens with one attached hydrogen (secondary N) is 1. The summed E-state index contributed by atoms with van der Waals surface area (Å²) in [6.45, 7) is 7.49. The van der Waals surface area contributed by atoms with Gasteiger partial charge in [-0.2, -0.15) is 0 Å². The number of ether oxygens (including phenoxy) is 1. The Kier molecular flexibility index (Phi) is 4.86. The minimum atomic E-state index is -0.000605. The molecule has 0 aromatic heterocycles. The number of morpholine rings is 1. The zero-order valence-electron chi connectivity index (χ0n) is 12.3. The highest BCUT2D eigenvalue weighted by Crippen LogP contribution is 2.30. The van der Waals surface area contributed by atoms with Crippen molar-refractivity contribution in [3.8, 4) is 0 Å². The fourth-order valence-electron chi connectivity index (χ4n) is 3.11. The highest BCUT2D eigenvalue weighted by atomic mass is 16.5. The van der Waals surface area contributed by atoms with Crippen LogP contribution in [0.25, 0.3) is 0 Å². The Morgan fingerprint density at radius 1 is 1.21 bits per heavy atom. The molecule has 1 heterocycles. The van der Waals surface area contributed by atoms with E-state index in [0.717, 1.165) is 0 Å². The van der Waals surface area contributed by atoms with Crippen molar-refractivity contribution in [3.05, 3.63) is 11.8 Å². The molecule has 0 aromatic carbocycles. The van der Waals surface area contributed by atoms with E-state index in [1.54, 1.807) is 0 Å². The zero-order chi connectivity index (χ0) is 13.8. The van der Waals surface area contributed by atoms with Crippen molar-refractivity contribution >= 4 is 6.03 Å². The molecule has 2 atom stereocenters. The third-order valence-electron chi connectivity index (χ3n) is 4.13. The number of allylic oxidation sites excluding steroid dienone is 1. The lowest BCUT2D eigenvalue weighted by Gasteiger charge is -2.35. The normalized spacial score (nSPS) is 29.6. The average molecular weight is 266 g/mol. The van der Waals surface area contributed by atoms with Crippen LogP contribution in [0.3, 0.4) is 0 Å². The van der Waals surface area contributed by atoms with Crippen LogP contribution in [-0.2, 0) is 4.74 Å². The summed E-state index contributed by atoms with van der Waals surface area (Å²) in [5.41, 5.74) is 1.31. The Morgan fingerprint density at radius 2 is 1.79 bits per heavy atom. The molecular formula is C15H26N2O2. The number of nitrogens with zero attached hydrogens (tertiary/aromatic N) is 1. The summed E-state index contributed by atoms with van der Waals surface area (Å²) in [5.74, 6) is 0.669. The van der Waals surface area contributed by atoms with Gasteiger partial charge < -0.3 is 15.0 Å². The average Bonchev–Trinajstić information content (AvgIpc) is 2.88. The minimum Gasteiger partial charge on any atom is -0.372 e. The van der Waals surface area contributed by atoms with Gasteiger partial charge in [-0.15, -0.1) is 0 Å². The van der Waals surface area contributed by atoms with Crippen molar-refractivity contribution in [2.75, 3.05) is 13.1 Å². The molecule has 2 unspecified atom stereocenters. The molecule has 1 saturated heterocycles. The molecule has 4 nitrogen and oxygen atoms in total. The molecule has 2 amide bonds. The third kappa shape index (κ3) is 3.96. The molecule has 19 heavy (non-hydrogen) atoms. The van der Waals surface area contributed by atoms with Crippen molar-refractivity contribution in [2.45, 2.75) is 58.7 Å². The highest BCUT2D eigenvalue weighted by molar-refractivity contribution is 5.75. The van der Waals surface area contributed by atoms with Gasteiger partial charge in [0.1, 0.15) is 0 Å². The fraction of sp³-hybridized carbons (Fsp3) is 0.800. The first kappa shape index (κ1) is 14.4. The maximum atomic E-state index is 12.1. The second-order valence-corrected chi connectivity index (χ2v) is 5.98. The van der Waals surface area contributed by atoms with Crippen LogP contribution in [0.5, 0.6) is 0 Å². The number of hydrogen-bond donors (Lipinski definition) is 1. The highest BCUT2D eigenvalue weighted by Gasteiger charge is 2.25. The monoisotopic (exact) mass is 266 g/mol. The van der Waals surface area contributed by atoms with Gasteiger partial charge in [0.25, 0.3) is 0 Å². The first-order valence-electron chi connectivity index (χ1n) is 7.44. The van der Waals surface area contributed by atoms with Gasteiger partial charge >= 0.3 is 6.03 Å². The van der Waals surface area contributed by atoms with E-state index < -0.39 is 0 Å². The second-order valence-electron chi connectivity index (χ2n) is 5.98. The number of carbonyl (C=O) groups excluding carboxylic acids is 1. The van der Waals surface area contributed by atoms with Gasteiger partial charge in [-0.05, 0) is 39.5 Å². The molecular weight excluding hydrogens is 240 g/mol. The van der Waals surface area contributed by atoms with E-state index in [2.05, 4.69) is 12.2 Å². The number of carbonyl (C=O) groups is 1. The molecule has 108 valence electrons. The molecule has 2 aliphatic rings. The molecule has 4 heteroatoms. The van der Waals surface area contributed by atoms with E-state index in [0.29, 0.717) is 19.0 Å². The maximum absolute atomic E-state index is 12.1. The Labute approximate surface area is 116 Å². The predicted molar refractivity (Wildman–Crippen MR) is 75.8 cm³/mol. The smallest absolute Gasteiger partial charge is 0.321 e. The van der Waals surface area contributed by atoms with Gasteiger partial charge in [0, 0.05) is 19.3 Å². The van der Waals surface area contributed by atoms with Crippen LogP contribution in [-0.4, -0.2) is 36.2 Å². The van der Waals surface area contributed by atoms with Crippen LogP contribution >= 0.6 is 0 Å². The Hall–Kier alpha value is -1.03. The van der Waals surface area contributed by atoms with Crippen LogP contribution in [0.15, 0.2) is 11.8 Å². The van der Waals surface area contributed by atoms with Crippen LogP contribution in [0.4, 0.5) is 4.79 Å². The zero-order valence-corrected chi connectivity index (χ0v) is 12.3. The standard InChI is InChI=1S/C15H26N2O2/c1-11(14-6-4-5-7-14)8-16-15(18)17-9-12(2)19-13(3)10-17/h8,12-14H,4-7,9-10H2,1-3H3,(H,16,18)/b11-8+. The van der Waals surface area contributed by atoms with Crippen LogP contribution in [0.1, 0.15) is 46.5 Å². The quantitative estimate of drug-likeness (QED) is 0.835. The predicted octanol–water partition coefficient (Wildman–Crippen LogP) is 2.90. The van der Waals surface area contributed by atoms with Gasteiger partial charge in [-0.25, -0.2) is 4.79 Å². The molecule has 0 spiro atoms. The summed E-state index contributed by atoms with van der Waals surface area (Å²) < 4.78 is 5.64. The molecule has 1 aliphatic heterocycles. The number of rotatable bonds is 2. The first-order chi connectivity index (χ1) is 9.06. The lowest BCUT2D eigenvalue weighted by atomic mass is 10.0. The van der Waals surface area contributed by atoms with Crippen molar-refractivity contribution in [1.29, 1.82) is 0 Å². The van der Waals surface area contributed by atoms with Crippen molar-refractivity contribution < 1.29 is 9.53 Å². The largest absolute Gasteiger partial charge is 0.372 e. The van der Waals surface area contributed by atoms with Crippen LogP contribution in [0, 0.1) is 5.92 Å². The van der Waals surface area contributed by atoms with Gasteiger partial charge in [-0.3, -0.25) is 0 Å². The van der Waals surface area contributed by atoms with Gasteiger partial charge in [0.15, 0.2) is 0 Å². The molecule has 0 aromatic rings. The molecule has 1 N–H and O–H groups in total. The molecule has 1 saturated carbocycles. The first-order valence-corrected chi connectivity index (χ1v) is 7.44. The number of amides is 2. The molecule has 2 fully saturated rings. The van der Waals surface area contributed by atoms with E-state index in [9.17, 15) is 4.79 Å². The van der Waals surface area contributed by atoms with Crippen LogP contribution in [0.2, 0.25) is 0 Å². The Balaban J connectivity index is 1.84. The lowest BCUT2D eigenvalue weighted by molar-refractivity contribution is -0.0542. The molecule has 0 bridgehead atoms. The summed E-state index contributed by atoms with van der Waals surface area (Å²) in [6, 6.07) is -0.000605. The van der Waals surface area contributed by atoms with E-state index in [1.807, 2.05) is 24.9 Å². The summed E-state index contributed by atoms with van der Waals surface area (Å²) in [6.07, 6.45) is 7.32. The summed E-state index contributed by atoms with van der Waals surface area (Å²) >= 11 is 0. The van der Waals surface area contributed by atoms with Crippen molar-refractivity contribution in [1.82, 2.24) is 10.2 Å². The Bertz CT molecular complexity index is 338. The number of hydrogen-bond acceptors (Lipinski definition) is 2. The van der Waals surface area contributed by atoms with Crippen LogP contribution < -0.4 is 5.32 Å². The van der Waals surface area contributed by atoms with Crippen molar-refractivity contribution in [2.24, 2.45) is 5.92 Å². The van der Waals surface area contributed by atoms with E-state index >= 15 is 0 Å². The minimum absolute atomic E-state index is 0.000605. The lowest BCUT2D eigenvalue weighted by Crippen LogP contribution is -2.50. The topological polar surface area (TPSA) is 41.6 Å². The van der Waals surface area contributed by atoms with E-state index in [1.165, 1.54) is 31.3 Å². The maximum Gasteiger partial charge on any atom is 0.321 e. The molecule has 1 aliphatic carbocycles. The van der Waals surface area contributed by atoms with Gasteiger partial charge in [-0.1, -0.05) is 18.4 Å². The Morgan fingerprint density at radius 3 is 2.37 bits per heavy atom. The van der Waals surface area contributed by atoms with Crippen molar-refractivity contribution in [3.63, 3.8) is 0 Å². The summed E-state index contributed by atoms with van der Waals surface area (Å²) in [4.78, 5) is 14.0. The summed E-state index contributed by atoms with van der Waals surface area (Å²) in [7, 11) is 0. The SMILES string of the molecule is C/C(=C\NC(=O)N1CC(C)OC(C)C1)C1CCCC1. The summed E-state index contributed by atoms with van der Waals surface area (Å²) in [5, 5.41) is 2.94. The second kappa shape index (κ2) is 6.42. The van der Waals surface area contributed by atoms with Gasteiger partial charge in [0.2, 0.25) is 0 Å².